The summed E-state index contributed by atoms with van der Waals surface area (Å²) in [5, 5.41) is 0. The van der Waals surface area contributed by atoms with Gasteiger partial charge in [-0.2, -0.15) is 0 Å². The molecule has 0 radical (unpaired) electrons. The number of pyridine rings is 1. The highest BCUT2D eigenvalue weighted by molar-refractivity contribution is 5.65. The maximum Gasteiger partial charge on any atom is 0.165 e. The van der Waals surface area contributed by atoms with Crippen molar-refractivity contribution in [2.24, 2.45) is 0 Å². The van der Waals surface area contributed by atoms with Gasteiger partial charge in [-0.05, 0) is 18.6 Å². The van der Waals surface area contributed by atoms with Crippen LogP contribution in [-0.2, 0) is 0 Å². The number of aromatic nitrogens is 1. The molecule has 0 fully saturated rings. The molecule has 0 aliphatic carbocycles. The summed E-state index contributed by atoms with van der Waals surface area (Å²) < 4.78 is 13.7. The van der Waals surface area contributed by atoms with Gasteiger partial charge in [-0.15, -0.1) is 0 Å². The number of aryl methyl sites for hydroxylation is 1. The molecule has 0 unspecified atom stereocenters. The molecule has 0 atom stereocenters. The Morgan fingerprint density at radius 1 is 1.12 bits per heavy atom. The Balaban J connectivity index is 2.59. The molecule has 1 aromatic carbocycles. The number of hydrogen-bond donors (Lipinski definition) is 0. The second-order valence-electron chi connectivity index (χ2n) is 4.22. The summed E-state index contributed by atoms with van der Waals surface area (Å²) in [6, 6.07) is 11.4. The van der Waals surface area contributed by atoms with Gasteiger partial charge in [0.15, 0.2) is 11.6 Å². The summed E-state index contributed by atoms with van der Waals surface area (Å²) in [5.74, 6) is 0.0848. The molecule has 0 amide bonds. The summed E-state index contributed by atoms with van der Waals surface area (Å²) in [6.45, 7) is 1.87. The molecule has 0 spiro atoms. The van der Waals surface area contributed by atoms with E-state index in [1.54, 1.807) is 19.0 Å². The third-order valence-corrected chi connectivity index (χ3v) is 2.62. The molecular formula is C14H15FN2. The molecular weight excluding hydrogens is 215 g/mol. The Hall–Kier alpha value is -1.90. The van der Waals surface area contributed by atoms with Crippen LogP contribution in [0.15, 0.2) is 36.4 Å². The van der Waals surface area contributed by atoms with Crippen LogP contribution >= 0.6 is 0 Å². The minimum absolute atomic E-state index is 0.285. The highest BCUT2D eigenvalue weighted by atomic mass is 19.1. The third kappa shape index (κ3) is 2.28. The standard InChI is InChI=1S/C14H15FN2/c1-10-9-12(15)14(17(2)3)16-13(10)11-7-5-4-6-8-11/h4-9H,1-3H3. The highest BCUT2D eigenvalue weighted by Gasteiger charge is 2.11. The maximum atomic E-state index is 13.7. The van der Waals surface area contributed by atoms with Crippen LogP contribution in [0.25, 0.3) is 11.3 Å². The molecule has 2 nitrogen and oxygen atoms in total. The molecule has 0 aliphatic heterocycles. The van der Waals surface area contributed by atoms with E-state index in [1.807, 2.05) is 37.3 Å². The Kier molecular flexibility index (Phi) is 3.09. The van der Waals surface area contributed by atoms with Crippen molar-refractivity contribution in [2.75, 3.05) is 19.0 Å². The van der Waals surface area contributed by atoms with Gasteiger partial charge in [0, 0.05) is 19.7 Å². The normalized spacial score (nSPS) is 10.4. The number of hydrogen-bond acceptors (Lipinski definition) is 2. The van der Waals surface area contributed by atoms with Gasteiger partial charge in [-0.25, -0.2) is 9.37 Å². The van der Waals surface area contributed by atoms with Crippen LogP contribution in [0.3, 0.4) is 0 Å². The summed E-state index contributed by atoms with van der Waals surface area (Å²) >= 11 is 0. The monoisotopic (exact) mass is 230 g/mol. The quantitative estimate of drug-likeness (QED) is 0.787. The molecule has 1 aromatic heterocycles. The van der Waals surface area contributed by atoms with E-state index < -0.39 is 0 Å². The fourth-order valence-electron chi connectivity index (χ4n) is 1.77. The van der Waals surface area contributed by atoms with Crippen LogP contribution < -0.4 is 4.90 Å². The number of nitrogens with zero attached hydrogens (tertiary/aromatic N) is 2. The molecule has 2 rings (SSSR count). The zero-order valence-corrected chi connectivity index (χ0v) is 10.2. The molecule has 2 aromatic rings. The Morgan fingerprint density at radius 2 is 1.76 bits per heavy atom. The van der Waals surface area contributed by atoms with Crippen molar-refractivity contribution in [1.82, 2.24) is 4.98 Å². The summed E-state index contributed by atoms with van der Waals surface area (Å²) in [4.78, 5) is 6.07. The lowest BCUT2D eigenvalue weighted by Gasteiger charge is -2.15. The largest absolute Gasteiger partial charge is 0.360 e. The first-order valence-electron chi connectivity index (χ1n) is 5.49. The van der Waals surface area contributed by atoms with Crippen molar-refractivity contribution in [3.05, 3.63) is 47.8 Å². The average molecular weight is 230 g/mol. The second-order valence-corrected chi connectivity index (χ2v) is 4.22. The van der Waals surface area contributed by atoms with Gasteiger partial charge < -0.3 is 4.90 Å². The molecule has 3 heteroatoms. The van der Waals surface area contributed by atoms with E-state index >= 15 is 0 Å². The van der Waals surface area contributed by atoms with Gasteiger partial charge in [0.2, 0.25) is 0 Å². The van der Waals surface area contributed by atoms with Crippen LogP contribution in [0, 0.1) is 12.7 Å². The van der Waals surface area contributed by atoms with Gasteiger partial charge in [-0.1, -0.05) is 30.3 Å². The van der Waals surface area contributed by atoms with E-state index in [0.717, 1.165) is 16.8 Å². The Labute approximate surface area is 101 Å². The lowest BCUT2D eigenvalue weighted by molar-refractivity contribution is 0.618. The first kappa shape index (κ1) is 11.6. The van der Waals surface area contributed by atoms with Crippen molar-refractivity contribution in [3.8, 4) is 11.3 Å². The molecule has 0 aliphatic rings. The Bertz CT molecular complexity index is 521. The fourth-order valence-corrected chi connectivity index (χ4v) is 1.77. The topological polar surface area (TPSA) is 16.1 Å². The van der Waals surface area contributed by atoms with E-state index in [4.69, 9.17) is 0 Å². The van der Waals surface area contributed by atoms with Crippen LogP contribution in [0.4, 0.5) is 10.2 Å². The lowest BCUT2D eigenvalue weighted by atomic mass is 10.1. The van der Waals surface area contributed by atoms with E-state index in [2.05, 4.69) is 4.98 Å². The summed E-state index contributed by atoms with van der Waals surface area (Å²) in [6.07, 6.45) is 0. The van der Waals surface area contributed by atoms with Crippen LogP contribution in [0.2, 0.25) is 0 Å². The summed E-state index contributed by atoms with van der Waals surface area (Å²) in [5.41, 5.74) is 2.68. The molecule has 0 N–H and O–H groups in total. The molecule has 0 saturated heterocycles. The molecule has 17 heavy (non-hydrogen) atoms. The van der Waals surface area contributed by atoms with Crippen molar-refractivity contribution >= 4 is 5.82 Å². The van der Waals surface area contributed by atoms with Gasteiger partial charge >= 0.3 is 0 Å². The van der Waals surface area contributed by atoms with E-state index in [0.29, 0.717) is 5.82 Å². The van der Waals surface area contributed by atoms with Crippen LogP contribution in [0.5, 0.6) is 0 Å². The number of benzene rings is 1. The Morgan fingerprint density at radius 3 is 2.35 bits per heavy atom. The van der Waals surface area contributed by atoms with E-state index in [9.17, 15) is 4.39 Å². The first-order chi connectivity index (χ1) is 8.09. The number of rotatable bonds is 2. The zero-order chi connectivity index (χ0) is 12.4. The average Bonchev–Trinajstić information content (AvgIpc) is 2.29. The number of halogens is 1. The van der Waals surface area contributed by atoms with Crippen molar-refractivity contribution in [3.63, 3.8) is 0 Å². The molecule has 88 valence electrons. The smallest absolute Gasteiger partial charge is 0.165 e. The first-order valence-corrected chi connectivity index (χ1v) is 5.49. The molecule has 0 saturated carbocycles. The predicted molar refractivity (Wildman–Crippen MR) is 68.7 cm³/mol. The summed E-state index contributed by atoms with van der Waals surface area (Å²) in [7, 11) is 3.57. The van der Waals surface area contributed by atoms with Gasteiger partial charge in [0.1, 0.15) is 0 Å². The maximum absolute atomic E-state index is 13.7. The van der Waals surface area contributed by atoms with Crippen LogP contribution in [-0.4, -0.2) is 19.1 Å². The van der Waals surface area contributed by atoms with Crippen molar-refractivity contribution in [2.45, 2.75) is 6.92 Å². The zero-order valence-electron chi connectivity index (χ0n) is 10.2. The van der Waals surface area contributed by atoms with Crippen LogP contribution in [0.1, 0.15) is 5.56 Å². The minimum Gasteiger partial charge on any atom is -0.360 e. The van der Waals surface area contributed by atoms with E-state index in [-0.39, 0.29) is 5.82 Å². The van der Waals surface area contributed by atoms with Gasteiger partial charge in [0.25, 0.3) is 0 Å². The second kappa shape index (κ2) is 4.53. The van der Waals surface area contributed by atoms with Gasteiger partial charge in [0.05, 0.1) is 5.69 Å². The predicted octanol–water partition coefficient (Wildman–Crippen LogP) is 3.26. The third-order valence-electron chi connectivity index (χ3n) is 2.62. The van der Waals surface area contributed by atoms with Gasteiger partial charge in [-0.3, -0.25) is 0 Å². The van der Waals surface area contributed by atoms with Crippen molar-refractivity contribution in [1.29, 1.82) is 0 Å². The SMILES string of the molecule is Cc1cc(F)c(N(C)C)nc1-c1ccccc1. The highest BCUT2D eigenvalue weighted by Crippen LogP contribution is 2.25. The lowest BCUT2D eigenvalue weighted by Crippen LogP contribution is -2.13. The molecule has 0 bridgehead atoms. The van der Waals surface area contributed by atoms with Crippen molar-refractivity contribution < 1.29 is 4.39 Å². The minimum atomic E-state index is -0.285. The molecule has 1 heterocycles. The number of anilines is 1. The van der Waals surface area contributed by atoms with E-state index in [1.165, 1.54) is 6.07 Å². The fraction of sp³-hybridized carbons (Fsp3) is 0.214.